The smallest absolute Gasteiger partial charge is 0.416 e. The summed E-state index contributed by atoms with van der Waals surface area (Å²) in [5, 5.41) is 3.21. The minimum atomic E-state index is -0.649. The summed E-state index contributed by atoms with van der Waals surface area (Å²) in [7, 11) is 0. The molecule has 0 aliphatic carbocycles. The van der Waals surface area contributed by atoms with Crippen molar-refractivity contribution >= 4 is 17.9 Å². The highest BCUT2D eigenvalue weighted by molar-refractivity contribution is 5.89. The van der Waals surface area contributed by atoms with Crippen LogP contribution in [0.25, 0.3) is 0 Å². The fourth-order valence-electron chi connectivity index (χ4n) is 3.23. The number of hydrogen-bond acceptors (Lipinski definition) is 5. The molecule has 150 valence electrons. The van der Waals surface area contributed by atoms with Crippen LogP contribution in [0, 0.1) is 11.7 Å². The number of aromatic nitrogens is 2. The predicted molar refractivity (Wildman–Crippen MR) is 107 cm³/mol. The van der Waals surface area contributed by atoms with E-state index >= 15 is 0 Å². The van der Waals surface area contributed by atoms with Crippen LogP contribution in [0.5, 0.6) is 0 Å². The summed E-state index contributed by atoms with van der Waals surface area (Å²) in [4.78, 5) is 21.8. The highest BCUT2D eigenvalue weighted by Crippen LogP contribution is 2.29. The van der Waals surface area contributed by atoms with E-state index in [0.717, 1.165) is 11.8 Å². The molecule has 0 saturated carbocycles. The Morgan fingerprint density at radius 1 is 1.21 bits per heavy atom. The number of cyclic esters (lactones) is 1. The summed E-state index contributed by atoms with van der Waals surface area (Å²) in [6, 6.07) is 7.94. The predicted octanol–water partition coefficient (Wildman–Crippen LogP) is 4.89. The SMILES string of the molecule is CC(C)c1cccc([C@H](C)Nc2ncc(F)c(N3C(=O)OC[C@@H]3C(C)C)n2)c1. The number of carbonyl (C=O) groups is 1. The highest BCUT2D eigenvalue weighted by Gasteiger charge is 2.38. The lowest BCUT2D eigenvalue weighted by Crippen LogP contribution is -2.38. The molecule has 2 aromatic rings. The molecule has 0 radical (unpaired) electrons. The number of nitrogens with zero attached hydrogens (tertiary/aromatic N) is 3. The second-order valence-electron chi connectivity index (χ2n) is 7.81. The summed E-state index contributed by atoms with van der Waals surface area (Å²) in [5.41, 5.74) is 2.33. The number of benzene rings is 1. The van der Waals surface area contributed by atoms with Crippen LogP contribution < -0.4 is 10.2 Å². The van der Waals surface area contributed by atoms with Gasteiger partial charge in [-0.1, -0.05) is 52.0 Å². The van der Waals surface area contributed by atoms with Crippen molar-refractivity contribution in [1.82, 2.24) is 9.97 Å². The first-order valence-electron chi connectivity index (χ1n) is 9.62. The minimum Gasteiger partial charge on any atom is -0.447 e. The van der Waals surface area contributed by atoms with Crippen molar-refractivity contribution in [2.24, 2.45) is 5.92 Å². The molecule has 0 spiro atoms. The normalized spacial score (nSPS) is 17.9. The van der Waals surface area contributed by atoms with E-state index in [4.69, 9.17) is 4.74 Å². The van der Waals surface area contributed by atoms with Gasteiger partial charge in [-0.05, 0) is 29.9 Å². The molecule has 1 amide bonds. The van der Waals surface area contributed by atoms with Gasteiger partial charge in [0.2, 0.25) is 5.95 Å². The molecular formula is C21H27FN4O2. The molecule has 0 bridgehead atoms. The lowest BCUT2D eigenvalue weighted by Gasteiger charge is -2.24. The van der Waals surface area contributed by atoms with Gasteiger partial charge in [0.15, 0.2) is 11.6 Å². The van der Waals surface area contributed by atoms with E-state index in [9.17, 15) is 9.18 Å². The van der Waals surface area contributed by atoms with Gasteiger partial charge in [0.1, 0.15) is 6.61 Å². The van der Waals surface area contributed by atoms with E-state index in [2.05, 4.69) is 41.3 Å². The summed E-state index contributed by atoms with van der Waals surface area (Å²) in [6.45, 7) is 10.4. The van der Waals surface area contributed by atoms with Crippen molar-refractivity contribution in [2.45, 2.75) is 52.6 Å². The maximum absolute atomic E-state index is 14.4. The molecule has 2 heterocycles. The van der Waals surface area contributed by atoms with E-state index in [-0.39, 0.29) is 36.4 Å². The Morgan fingerprint density at radius 3 is 2.61 bits per heavy atom. The van der Waals surface area contributed by atoms with Crippen LogP contribution in [0.1, 0.15) is 57.7 Å². The minimum absolute atomic E-state index is 0.0539. The Balaban J connectivity index is 1.85. The number of ether oxygens (including phenoxy) is 1. The fraction of sp³-hybridized carbons (Fsp3) is 0.476. The topological polar surface area (TPSA) is 67.4 Å². The average molecular weight is 386 g/mol. The summed E-state index contributed by atoms with van der Waals surface area (Å²) >= 11 is 0. The van der Waals surface area contributed by atoms with Crippen LogP contribution in [0.2, 0.25) is 0 Å². The summed E-state index contributed by atoms with van der Waals surface area (Å²) < 4.78 is 19.5. The molecule has 1 fully saturated rings. The Labute approximate surface area is 165 Å². The Morgan fingerprint density at radius 2 is 1.93 bits per heavy atom. The van der Waals surface area contributed by atoms with Gasteiger partial charge in [-0.2, -0.15) is 4.98 Å². The van der Waals surface area contributed by atoms with Gasteiger partial charge in [0, 0.05) is 0 Å². The second-order valence-corrected chi connectivity index (χ2v) is 7.81. The van der Waals surface area contributed by atoms with Gasteiger partial charge in [-0.15, -0.1) is 0 Å². The molecule has 1 aliphatic rings. The number of nitrogens with one attached hydrogen (secondary N) is 1. The van der Waals surface area contributed by atoms with Gasteiger partial charge in [0.25, 0.3) is 0 Å². The molecule has 7 heteroatoms. The van der Waals surface area contributed by atoms with Gasteiger partial charge >= 0.3 is 6.09 Å². The second kappa shape index (κ2) is 8.12. The zero-order valence-electron chi connectivity index (χ0n) is 16.9. The van der Waals surface area contributed by atoms with Crippen LogP contribution in [0.4, 0.5) is 21.0 Å². The number of hydrogen-bond donors (Lipinski definition) is 1. The zero-order chi connectivity index (χ0) is 20.4. The number of anilines is 2. The van der Waals surface area contributed by atoms with Gasteiger partial charge in [-0.25, -0.2) is 14.2 Å². The first-order valence-corrected chi connectivity index (χ1v) is 9.62. The maximum Gasteiger partial charge on any atom is 0.416 e. The van der Waals surface area contributed by atoms with E-state index in [1.807, 2.05) is 32.9 Å². The largest absolute Gasteiger partial charge is 0.447 e. The quantitative estimate of drug-likeness (QED) is 0.765. The molecule has 3 rings (SSSR count). The van der Waals surface area contributed by atoms with Crippen LogP contribution >= 0.6 is 0 Å². The molecule has 0 unspecified atom stereocenters. The van der Waals surface area contributed by atoms with Crippen molar-refractivity contribution in [2.75, 3.05) is 16.8 Å². The number of amides is 1. The fourth-order valence-corrected chi connectivity index (χ4v) is 3.23. The highest BCUT2D eigenvalue weighted by atomic mass is 19.1. The number of rotatable bonds is 6. The summed E-state index contributed by atoms with van der Waals surface area (Å²) in [6.07, 6.45) is 0.505. The van der Waals surface area contributed by atoms with Crippen LogP contribution in [-0.2, 0) is 4.74 Å². The van der Waals surface area contributed by atoms with Gasteiger partial charge in [0.05, 0.1) is 18.3 Å². The van der Waals surface area contributed by atoms with Gasteiger partial charge < -0.3 is 10.1 Å². The average Bonchev–Trinajstić information content (AvgIpc) is 3.05. The lowest BCUT2D eigenvalue weighted by molar-refractivity contribution is 0.177. The first-order chi connectivity index (χ1) is 13.3. The van der Waals surface area contributed by atoms with Crippen molar-refractivity contribution in [3.63, 3.8) is 0 Å². The van der Waals surface area contributed by atoms with Crippen LogP contribution in [0.15, 0.2) is 30.5 Å². The van der Waals surface area contributed by atoms with Crippen molar-refractivity contribution in [3.8, 4) is 0 Å². The molecule has 2 atom stereocenters. The third kappa shape index (κ3) is 4.08. The third-order valence-corrected chi connectivity index (χ3v) is 5.05. The standard InChI is InChI=1S/C21H27FN4O2/c1-12(2)15-7-6-8-16(9-15)14(5)24-20-23-10-17(22)19(25-20)26-18(13(3)4)11-28-21(26)27/h6-10,12-14,18H,11H2,1-5H3,(H,23,24,25)/t14-,18+/m0/s1. The Kier molecular flexibility index (Phi) is 5.82. The molecule has 1 aliphatic heterocycles. The van der Waals surface area contributed by atoms with E-state index < -0.39 is 11.9 Å². The molecule has 1 N–H and O–H groups in total. The summed E-state index contributed by atoms with van der Waals surface area (Å²) in [5.74, 6) is 0.0947. The van der Waals surface area contributed by atoms with E-state index in [0.29, 0.717) is 5.92 Å². The van der Waals surface area contributed by atoms with Gasteiger partial charge in [-0.3, -0.25) is 4.90 Å². The van der Waals surface area contributed by atoms with E-state index in [1.54, 1.807) is 0 Å². The molecule has 1 saturated heterocycles. The van der Waals surface area contributed by atoms with Crippen molar-refractivity contribution in [1.29, 1.82) is 0 Å². The Hall–Kier alpha value is -2.70. The van der Waals surface area contributed by atoms with Crippen LogP contribution in [0.3, 0.4) is 0 Å². The van der Waals surface area contributed by atoms with Crippen molar-refractivity contribution in [3.05, 3.63) is 47.4 Å². The Bertz CT molecular complexity index is 856. The molecule has 28 heavy (non-hydrogen) atoms. The van der Waals surface area contributed by atoms with Crippen LogP contribution in [-0.4, -0.2) is 28.7 Å². The first kappa shape index (κ1) is 20.0. The maximum atomic E-state index is 14.4. The molecule has 1 aromatic heterocycles. The number of halogens is 1. The monoisotopic (exact) mass is 386 g/mol. The van der Waals surface area contributed by atoms with Crippen molar-refractivity contribution < 1.29 is 13.9 Å². The lowest BCUT2D eigenvalue weighted by atomic mass is 9.98. The number of carbonyl (C=O) groups excluding carboxylic acids is 1. The third-order valence-electron chi connectivity index (χ3n) is 5.05. The van der Waals surface area contributed by atoms with E-state index in [1.165, 1.54) is 10.5 Å². The molecule has 1 aromatic carbocycles. The molecular weight excluding hydrogens is 359 g/mol. The zero-order valence-corrected chi connectivity index (χ0v) is 16.9. The molecule has 6 nitrogen and oxygen atoms in total.